The third-order valence-corrected chi connectivity index (χ3v) is 5.15. The summed E-state index contributed by atoms with van der Waals surface area (Å²) in [6, 6.07) is 6.73. The first-order valence-electron chi connectivity index (χ1n) is 7.37. The van der Waals surface area contributed by atoms with Gasteiger partial charge >= 0.3 is 0 Å². The number of anilines is 1. The van der Waals surface area contributed by atoms with Crippen LogP contribution in [0.15, 0.2) is 28.6 Å². The zero-order valence-corrected chi connectivity index (χ0v) is 15.3. The molecule has 2 aromatic rings. The van der Waals surface area contributed by atoms with Crippen molar-refractivity contribution in [2.45, 2.75) is 17.7 Å². The van der Waals surface area contributed by atoms with Gasteiger partial charge in [-0.05, 0) is 36.9 Å². The Morgan fingerprint density at radius 1 is 1.25 bits per heavy atom. The summed E-state index contributed by atoms with van der Waals surface area (Å²) < 4.78 is 5.80. The Hall–Kier alpha value is -2.06. The molecule has 128 valence electrons. The van der Waals surface area contributed by atoms with E-state index in [1.807, 2.05) is 13.2 Å². The lowest BCUT2D eigenvalue weighted by atomic mass is 10.2. The standard InChI is InChI=1S/C16H19N3O3S2/c1-4-9-17-15(21)12-13(19-16(23-3)24-12)18-14(20)10-5-7-11(22-2)8-6-10/h5-8H,4,9H2,1-3H3,(H,17,21)(H,18,20). The molecule has 0 atom stereocenters. The van der Waals surface area contributed by atoms with Gasteiger partial charge < -0.3 is 15.4 Å². The lowest BCUT2D eigenvalue weighted by Crippen LogP contribution is -2.24. The number of nitrogens with one attached hydrogen (secondary N) is 2. The van der Waals surface area contributed by atoms with Gasteiger partial charge in [0.2, 0.25) is 0 Å². The van der Waals surface area contributed by atoms with E-state index in [1.165, 1.54) is 23.1 Å². The Balaban J connectivity index is 2.19. The van der Waals surface area contributed by atoms with Crippen LogP contribution in [0.1, 0.15) is 33.4 Å². The molecule has 2 N–H and O–H groups in total. The van der Waals surface area contributed by atoms with Crippen LogP contribution >= 0.6 is 23.1 Å². The van der Waals surface area contributed by atoms with Crippen molar-refractivity contribution in [1.82, 2.24) is 10.3 Å². The second-order valence-corrected chi connectivity index (χ2v) is 6.85. The fourth-order valence-corrected chi connectivity index (χ4v) is 3.30. The van der Waals surface area contributed by atoms with Crippen LogP contribution in [0.2, 0.25) is 0 Å². The number of thioether (sulfide) groups is 1. The van der Waals surface area contributed by atoms with Gasteiger partial charge in [0, 0.05) is 12.1 Å². The lowest BCUT2D eigenvalue weighted by Gasteiger charge is -2.06. The van der Waals surface area contributed by atoms with Crippen LogP contribution in [0.25, 0.3) is 0 Å². The average molecular weight is 365 g/mol. The Morgan fingerprint density at radius 3 is 2.54 bits per heavy atom. The molecule has 1 heterocycles. The third-order valence-electron chi connectivity index (χ3n) is 3.11. The molecule has 1 aromatic heterocycles. The second kappa shape index (κ2) is 8.70. The van der Waals surface area contributed by atoms with Crippen molar-refractivity contribution in [3.05, 3.63) is 34.7 Å². The number of aromatic nitrogens is 1. The van der Waals surface area contributed by atoms with Gasteiger partial charge in [0.05, 0.1) is 7.11 Å². The quantitative estimate of drug-likeness (QED) is 0.736. The van der Waals surface area contributed by atoms with Crippen LogP contribution in [0.4, 0.5) is 5.82 Å². The smallest absolute Gasteiger partial charge is 0.265 e. The molecule has 8 heteroatoms. The first-order valence-corrected chi connectivity index (χ1v) is 9.41. The molecule has 1 aromatic carbocycles. The number of carbonyl (C=O) groups excluding carboxylic acids is 2. The molecule has 0 bridgehead atoms. The van der Waals surface area contributed by atoms with Gasteiger partial charge in [-0.15, -0.1) is 11.3 Å². The molecular formula is C16H19N3O3S2. The van der Waals surface area contributed by atoms with E-state index >= 15 is 0 Å². The van der Waals surface area contributed by atoms with E-state index in [0.717, 1.165) is 10.8 Å². The molecule has 2 rings (SSSR count). The Labute approximate surface area is 149 Å². The molecule has 0 spiro atoms. The summed E-state index contributed by atoms with van der Waals surface area (Å²) in [5.41, 5.74) is 0.467. The maximum Gasteiger partial charge on any atom is 0.265 e. The number of hydrogen-bond acceptors (Lipinski definition) is 6. The number of hydrogen-bond donors (Lipinski definition) is 2. The third kappa shape index (κ3) is 4.48. The van der Waals surface area contributed by atoms with Gasteiger partial charge in [0.15, 0.2) is 10.2 Å². The van der Waals surface area contributed by atoms with E-state index < -0.39 is 0 Å². The summed E-state index contributed by atoms with van der Waals surface area (Å²) in [6.45, 7) is 2.56. The summed E-state index contributed by atoms with van der Waals surface area (Å²) in [5, 5.41) is 5.53. The van der Waals surface area contributed by atoms with E-state index in [0.29, 0.717) is 28.6 Å². The van der Waals surface area contributed by atoms with Gasteiger partial charge in [0.25, 0.3) is 11.8 Å². The van der Waals surface area contributed by atoms with Crippen molar-refractivity contribution in [3.63, 3.8) is 0 Å². The molecule has 0 aliphatic heterocycles. The van der Waals surface area contributed by atoms with Crippen LogP contribution in [-0.4, -0.2) is 36.7 Å². The summed E-state index contributed by atoms with van der Waals surface area (Å²) in [7, 11) is 1.56. The predicted molar refractivity (Wildman–Crippen MR) is 97.5 cm³/mol. The van der Waals surface area contributed by atoms with Gasteiger partial charge in [-0.2, -0.15) is 0 Å². The first kappa shape index (κ1) is 18.3. The molecule has 0 saturated heterocycles. The monoisotopic (exact) mass is 365 g/mol. The number of rotatable bonds is 7. The summed E-state index contributed by atoms with van der Waals surface area (Å²) in [4.78, 5) is 29.3. The van der Waals surface area contributed by atoms with E-state index in [2.05, 4.69) is 15.6 Å². The highest BCUT2D eigenvalue weighted by atomic mass is 32.2. The molecule has 0 radical (unpaired) electrons. The Kier molecular flexibility index (Phi) is 6.62. The molecule has 24 heavy (non-hydrogen) atoms. The van der Waals surface area contributed by atoms with Crippen LogP contribution in [0.3, 0.4) is 0 Å². The first-order chi connectivity index (χ1) is 11.6. The number of benzene rings is 1. The zero-order chi connectivity index (χ0) is 17.5. The van der Waals surface area contributed by atoms with E-state index in [4.69, 9.17) is 4.74 Å². The number of amides is 2. The summed E-state index contributed by atoms with van der Waals surface area (Å²) in [5.74, 6) is 0.420. The minimum atomic E-state index is -0.319. The number of carbonyl (C=O) groups is 2. The van der Waals surface area contributed by atoms with Crippen LogP contribution in [-0.2, 0) is 0 Å². The SMILES string of the molecule is CCCNC(=O)c1sc(SC)nc1NC(=O)c1ccc(OC)cc1. The summed E-state index contributed by atoms with van der Waals surface area (Å²) in [6.07, 6.45) is 2.72. The predicted octanol–water partition coefficient (Wildman–Crippen LogP) is 3.27. The molecule has 6 nitrogen and oxygen atoms in total. The molecule has 0 aliphatic carbocycles. The minimum absolute atomic E-state index is 0.223. The molecule has 0 aliphatic rings. The van der Waals surface area contributed by atoms with Crippen LogP contribution in [0, 0.1) is 0 Å². The van der Waals surface area contributed by atoms with E-state index in [9.17, 15) is 9.59 Å². The second-order valence-electron chi connectivity index (χ2n) is 4.80. The normalized spacial score (nSPS) is 10.3. The molecule has 0 saturated carbocycles. The zero-order valence-electron chi connectivity index (χ0n) is 13.7. The van der Waals surface area contributed by atoms with Crippen LogP contribution < -0.4 is 15.4 Å². The highest BCUT2D eigenvalue weighted by Gasteiger charge is 2.20. The maximum atomic E-state index is 12.4. The number of nitrogens with zero attached hydrogens (tertiary/aromatic N) is 1. The highest BCUT2D eigenvalue weighted by Crippen LogP contribution is 2.29. The molecule has 0 unspecified atom stereocenters. The van der Waals surface area contributed by atoms with Crippen molar-refractivity contribution >= 4 is 40.7 Å². The number of ether oxygens (including phenoxy) is 1. The van der Waals surface area contributed by atoms with Crippen molar-refractivity contribution in [2.24, 2.45) is 0 Å². The van der Waals surface area contributed by atoms with E-state index in [-0.39, 0.29) is 11.8 Å². The average Bonchev–Trinajstić information content (AvgIpc) is 3.02. The summed E-state index contributed by atoms with van der Waals surface area (Å²) >= 11 is 2.70. The lowest BCUT2D eigenvalue weighted by molar-refractivity contribution is 0.0958. The van der Waals surface area contributed by atoms with Gasteiger partial charge in [-0.3, -0.25) is 9.59 Å². The van der Waals surface area contributed by atoms with E-state index in [1.54, 1.807) is 31.4 Å². The van der Waals surface area contributed by atoms with Gasteiger partial charge in [-0.1, -0.05) is 18.7 Å². The fourth-order valence-electron chi connectivity index (χ4n) is 1.87. The topological polar surface area (TPSA) is 80.3 Å². The van der Waals surface area contributed by atoms with Crippen molar-refractivity contribution in [1.29, 1.82) is 0 Å². The molecular weight excluding hydrogens is 346 g/mol. The molecule has 0 fully saturated rings. The minimum Gasteiger partial charge on any atom is -0.497 e. The van der Waals surface area contributed by atoms with Crippen molar-refractivity contribution < 1.29 is 14.3 Å². The molecule has 2 amide bonds. The Morgan fingerprint density at radius 2 is 1.96 bits per heavy atom. The highest BCUT2D eigenvalue weighted by molar-refractivity contribution is 8.00. The van der Waals surface area contributed by atoms with Crippen LogP contribution in [0.5, 0.6) is 5.75 Å². The van der Waals surface area contributed by atoms with Crippen molar-refractivity contribution in [3.8, 4) is 5.75 Å². The largest absolute Gasteiger partial charge is 0.497 e. The number of thiazole rings is 1. The van der Waals surface area contributed by atoms with Crippen molar-refractivity contribution in [2.75, 3.05) is 25.2 Å². The van der Waals surface area contributed by atoms with Gasteiger partial charge in [-0.25, -0.2) is 4.98 Å². The maximum absolute atomic E-state index is 12.4. The number of methoxy groups -OCH3 is 1. The van der Waals surface area contributed by atoms with Gasteiger partial charge in [0.1, 0.15) is 10.6 Å². The fraction of sp³-hybridized carbons (Fsp3) is 0.312. The Bertz CT molecular complexity index is 714.